The van der Waals surface area contributed by atoms with E-state index in [0.717, 1.165) is 17.1 Å². The van der Waals surface area contributed by atoms with E-state index in [1.807, 2.05) is 18.2 Å². The Kier molecular flexibility index (Phi) is 1.87. The average Bonchev–Trinajstić information content (AvgIpc) is 2.64. The third kappa shape index (κ3) is 1.22. The maximum absolute atomic E-state index is 9.39. The summed E-state index contributed by atoms with van der Waals surface area (Å²) in [5.74, 6) is 1.53. The molecule has 0 aliphatic carbocycles. The molecule has 0 spiro atoms. The zero-order valence-corrected chi connectivity index (χ0v) is 8.23. The smallest absolute Gasteiger partial charge is 0.231 e. The van der Waals surface area contributed by atoms with Crippen LogP contribution in [0.5, 0.6) is 11.5 Å². The molecule has 0 unspecified atom stereocenters. The van der Waals surface area contributed by atoms with Crippen LogP contribution in [0.2, 0.25) is 0 Å². The Labute approximate surface area is 87.4 Å². The number of aliphatic hydroxyl groups is 1. The van der Waals surface area contributed by atoms with Gasteiger partial charge in [0, 0.05) is 0 Å². The van der Waals surface area contributed by atoms with E-state index in [1.54, 1.807) is 0 Å². The van der Waals surface area contributed by atoms with Gasteiger partial charge in [0.1, 0.15) is 0 Å². The molecular formula is C11H12O4. The lowest BCUT2D eigenvalue weighted by molar-refractivity contribution is -0.0842. The molecule has 80 valence electrons. The van der Waals surface area contributed by atoms with Crippen molar-refractivity contribution in [2.24, 2.45) is 0 Å². The molecule has 1 aromatic carbocycles. The van der Waals surface area contributed by atoms with Crippen molar-refractivity contribution in [1.82, 2.24) is 0 Å². The Balaban J connectivity index is 1.98. The first-order valence-electron chi connectivity index (χ1n) is 4.93. The van der Waals surface area contributed by atoms with E-state index >= 15 is 0 Å². The van der Waals surface area contributed by atoms with Gasteiger partial charge in [-0.3, -0.25) is 0 Å². The monoisotopic (exact) mass is 208 g/mol. The number of fused-ring (bicyclic) bond motifs is 1. The van der Waals surface area contributed by atoms with E-state index in [-0.39, 0.29) is 18.8 Å². The Morgan fingerprint density at radius 1 is 1.20 bits per heavy atom. The molecule has 1 saturated heterocycles. The topological polar surface area (TPSA) is 47.9 Å². The minimum Gasteiger partial charge on any atom is -0.454 e. The van der Waals surface area contributed by atoms with Crippen molar-refractivity contribution >= 4 is 0 Å². The number of aliphatic hydroxyl groups excluding tert-OH is 1. The summed E-state index contributed by atoms with van der Waals surface area (Å²) >= 11 is 0. The van der Waals surface area contributed by atoms with Crippen molar-refractivity contribution in [2.45, 2.75) is 5.41 Å². The number of benzene rings is 1. The van der Waals surface area contributed by atoms with Crippen LogP contribution in [-0.2, 0) is 10.2 Å². The van der Waals surface area contributed by atoms with Crippen LogP contribution in [0.15, 0.2) is 18.2 Å². The maximum atomic E-state index is 9.39. The number of hydrogen-bond donors (Lipinski definition) is 1. The molecule has 1 aromatic rings. The molecule has 0 atom stereocenters. The first-order chi connectivity index (χ1) is 7.34. The van der Waals surface area contributed by atoms with E-state index in [2.05, 4.69) is 0 Å². The predicted octanol–water partition coefficient (Wildman–Crippen LogP) is 0.676. The molecule has 2 heterocycles. The van der Waals surface area contributed by atoms with Gasteiger partial charge < -0.3 is 19.3 Å². The molecular weight excluding hydrogens is 196 g/mol. The van der Waals surface area contributed by atoms with Crippen molar-refractivity contribution in [3.05, 3.63) is 23.8 Å². The molecule has 2 aliphatic heterocycles. The second-order valence-electron chi connectivity index (χ2n) is 4.00. The summed E-state index contributed by atoms with van der Waals surface area (Å²) in [6, 6.07) is 5.78. The first-order valence-corrected chi connectivity index (χ1v) is 4.93. The fraction of sp³-hybridized carbons (Fsp3) is 0.455. The Morgan fingerprint density at radius 2 is 2.00 bits per heavy atom. The van der Waals surface area contributed by atoms with Gasteiger partial charge in [-0.2, -0.15) is 0 Å². The van der Waals surface area contributed by atoms with Crippen LogP contribution in [0.1, 0.15) is 5.56 Å². The van der Waals surface area contributed by atoms with Crippen LogP contribution < -0.4 is 9.47 Å². The quantitative estimate of drug-likeness (QED) is 0.776. The van der Waals surface area contributed by atoms with Crippen LogP contribution in [0.25, 0.3) is 0 Å². The van der Waals surface area contributed by atoms with Crippen LogP contribution >= 0.6 is 0 Å². The molecule has 0 saturated carbocycles. The lowest BCUT2D eigenvalue weighted by atomic mass is 9.79. The van der Waals surface area contributed by atoms with Gasteiger partial charge in [0.15, 0.2) is 11.5 Å². The Morgan fingerprint density at radius 3 is 2.67 bits per heavy atom. The standard InChI is InChI=1S/C11H12O4/c12-4-11(5-13-6-11)8-1-2-9-10(3-8)15-7-14-9/h1-3,12H,4-7H2. The second kappa shape index (κ2) is 3.12. The van der Waals surface area contributed by atoms with Gasteiger partial charge in [-0.25, -0.2) is 0 Å². The molecule has 0 amide bonds. The third-order valence-corrected chi connectivity index (χ3v) is 3.04. The fourth-order valence-electron chi connectivity index (χ4n) is 1.92. The van der Waals surface area contributed by atoms with Gasteiger partial charge in [0.05, 0.1) is 25.2 Å². The lowest BCUT2D eigenvalue weighted by Gasteiger charge is -2.40. The van der Waals surface area contributed by atoms with E-state index in [1.165, 1.54) is 0 Å². The highest BCUT2D eigenvalue weighted by Crippen LogP contribution is 2.39. The van der Waals surface area contributed by atoms with E-state index in [0.29, 0.717) is 13.2 Å². The summed E-state index contributed by atoms with van der Waals surface area (Å²) in [5.41, 5.74) is 0.821. The predicted molar refractivity (Wildman–Crippen MR) is 52.1 cm³/mol. The summed E-state index contributed by atoms with van der Waals surface area (Å²) in [7, 11) is 0. The summed E-state index contributed by atoms with van der Waals surface area (Å²) < 4.78 is 15.7. The normalized spacial score (nSPS) is 21.1. The number of rotatable bonds is 2. The fourth-order valence-corrected chi connectivity index (χ4v) is 1.92. The zero-order valence-electron chi connectivity index (χ0n) is 8.23. The molecule has 3 rings (SSSR count). The summed E-state index contributed by atoms with van der Waals surface area (Å²) in [4.78, 5) is 0. The first kappa shape index (κ1) is 9.00. The van der Waals surface area contributed by atoms with Crippen molar-refractivity contribution < 1.29 is 19.3 Å². The molecule has 0 radical (unpaired) electrons. The average molecular weight is 208 g/mol. The van der Waals surface area contributed by atoms with E-state index in [9.17, 15) is 5.11 Å². The summed E-state index contributed by atoms with van der Waals surface area (Å²) in [5, 5.41) is 9.39. The summed E-state index contributed by atoms with van der Waals surface area (Å²) in [6.45, 7) is 1.53. The molecule has 2 aliphatic rings. The third-order valence-electron chi connectivity index (χ3n) is 3.04. The Bertz CT molecular complexity index is 379. The van der Waals surface area contributed by atoms with Crippen molar-refractivity contribution in [2.75, 3.05) is 26.6 Å². The van der Waals surface area contributed by atoms with Gasteiger partial charge in [-0.05, 0) is 17.7 Å². The molecule has 1 fully saturated rings. The van der Waals surface area contributed by atoms with Gasteiger partial charge in [0.2, 0.25) is 6.79 Å². The van der Waals surface area contributed by atoms with Crippen LogP contribution in [-0.4, -0.2) is 31.7 Å². The van der Waals surface area contributed by atoms with Gasteiger partial charge in [-0.15, -0.1) is 0 Å². The highest BCUT2D eigenvalue weighted by Gasteiger charge is 2.40. The van der Waals surface area contributed by atoms with E-state index < -0.39 is 0 Å². The van der Waals surface area contributed by atoms with Crippen molar-refractivity contribution in [3.63, 3.8) is 0 Å². The SMILES string of the molecule is OCC1(c2ccc3c(c2)OCO3)COC1. The molecule has 0 bridgehead atoms. The highest BCUT2D eigenvalue weighted by molar-refractivity contribution is 5.47. The largest absolute Gasteiger partial charge is 0.454 e. The summed E-state index contributed by atoms with van der Waals surface area (Å²) in [6.07, 6.45) is 0. The highest BCUT2D eigenvalue weighted by atomic mass is 16.7. The van der Waals surface area contributed by atoms with Crippen LogP contribution in [0, 0.1) is 0 Å². The van der Waals surface area contributed by atoms with Gasteiger partial charge >= 0.3 is 0 Å². The Hall–Kier alpha value is -1.26. The lowest BCUT2D eigenvalue weighted by Crippen LogP contribution is -2.49. The maximum Gasteiger partial charge on any atom is 0.231 e. The molecule has 0 aromatic heterocycles. The van der Waals surface area contributed by atoms with Crippen LogP contribution in [0.4, 0.5) is 0 Å². The van der Waals surface area contributed by atoms with Crippen LogP contribution in [0.3, 0.4) is 0 Å². The van der Waals surface area contributed by atoms with Gasteiger partial charge in [0.25, 0.3) is 0 Å². The second-order valence-corrected chi connectivity index (χ2v) is 4.00. The number of hydrogen-bond acceptors (Lipinski definition) is 4. The molecule has 4 heteroatoms. The minimum atomic E-state index is -0.235. The molecule has 15 heavy (non-hydrogen) atoms. The zero-order chi connectivity index (χ0) is 10.3. The van der Waals surface area contributed by atoms with E-state index in [4.69, 9.17) is 14.2 Å². The molecule has 4 nitrogen and oxygen atoms in total. The van der Waals surface area contributed by atoms with Crippen molar-refractivity contribution in [1.29, 1.82) is 0 Å². The van der Waals surface area contributed by atoms with Crippen molar-refractivity contribution in [3.8, 4) is 11.5 Å². The number of ether oxygens (including phenoxy) is 3. The van der Waals surface area contributed by atoms with Gasteiger partial charge in [-0.1, -0.05) is 6.07 Å². The molecule has 1 N–H and O–H groups in total. The minimum absolute atomic E-state index is 0.104.